The second-order valence-corrected chi connectivity index (χ2v) is 8.71. The first-order valence-corrected chi connectivity index (χ1v) is 11.9. The molecule has 0 unspecified atom stereocenters. The van der Waals surface area contributed by atoms with Gasteiger partial charge in [0.25, 0.3) is 0 Å². The smallest absolute Gasteiger partial charge is 0.410 e. The minimum absolute atomic E-state index is 0.229. The van der Waals surface area contributed by atoms with E-state index in [1.165, 1.54) is 34.7 Å². The van der Waals surface area contributed by atoms with Gasteiger partial charge in [-0.05, 0) is 40.8 Å². The molecule has 0 N–H and O–H groups in total. The maximum atomic E-state index is 12.6. The summed E-state index contributed by atoms with van der Waals surface area (Å²) in [6.07, 6.45) is 3.27. The van der Waals surface area contributed by atoms with E-state index >= 15 is 0 Å². The molecule has 3 aromatic carbocycles. The van der Waals surface area contributed by atoms with Gasteiger partial charge >= 0.3 is 6.09 Å². The van der Waals surface area contributed by atoms with Crippen LogP contribution in [0.5, 0.6) is 5.75 Å². The van der Waals surface area contributed by atoms with E-state index in [9.17, 15) is 4.79 Å². The van der Waals surface area contributed by atoms with Crippen LogP contribution in [0.15, 0.2) is 60.7 Å². The zero-order valence-electron chi connectivity index (χ0n) is 19.8. The molecule has 0 bridgehead atoms. The van der Waals surface area contributed by atoms with Crippen molar-refractivity contribution in [2.24, 2.45) is 0 Å². The van der Waals surface area contributed by atoms with Crippen LogP contribution in [0.25, 0.3) is 10.8 Å². The third kappa shape index (κ3) is 5.85. The molecule has 1 heterocycles. The number of carbonyl (C=O) groups excluding carboxylic acids is 1. The molecule has 0 aromatic heterocycles. The Labute approximate surface area is 196 Å². The van der Waals surface area contributed by atoms with Crippen LogP contribution in [0.1, 0.15) is 36.5 Å². The van der Waals surface area contributed by atoms with Crippen LogP contribution >= 0.6 is 0 Å². The Hall–Kier alpha value is -3.05. The summed E-state index contributed by atoms with van der Waals surface area (Å²) < 4.78 is 11.2. The summed E-state index contributed by atoms with van der Waals surface area (Å²) in [5.41, 5.74) is 3.57. The summed E-state index contributed by atoms with van der Waals surface area (Å²) in [6.45, 7) is 6.29. The van der Waals surface area contributed by atoms with Crippen LogP contribution in [0.2, 0.25) is 0 Å². The molecule has 0 atom stereocenters. The van der Waals surface area contributed by atoms with Crippen LogP contribution in [-0.2, 0) is 24.3 Å². The molecule has 33 heavy (non-hydrogen) atoms. The summed E-state index contributed by atoms with van der Waals surface area (Å²) in [5, 5.41) is 2.44. The van der Waals surface area contributed by atoms with E-state index in [0.717, 1.165) is 37.4 Å². The third-order valence-electron chi connectivity index (χ3n) is 6.43. The molecule has 1 saturated heterocycles. The van der Waals surface area contributed by atoms with E-state index < -0.39 is 0 Å². The van der Waals surface area contributed by atoms with Crippen LogP contribution in [0, 0.1) is 0 Å². The minimum atomic E-state index is -0.229. The van der Waals surface area contributed by atoms with Crippen molar-refractivity contribution in [1.82, 2.24) is 9.80 Å². The predicted molar refractivity (Wildman–Crippen MR) is 133 cm³/mol. The molecule has 3 aromatic rings. The number of hydrogen-bond acceptors (Lipinski definition) is 4. The maximum Gasteiger partial charge on any atom is 0.410 e. The normalized spacial score (nSPS) is 14.4. The van der Waals surface area contributed by atoms with E-state index in [1.54, 1.807) is 7.11 Å². The van der Waals surface area contributed by atoms with Gasteiger partial charge in [0, 0.05) is 38.3 Å². The Morgan fingerprint density at radius 3 is 2.36 bits per heavy atom. The lowest BCUT2D eigenvalue weighted by Crippen LogP contribution is -2.48. The van der Waals surface area contributed by atoms with Crippen molar-refractivity contribution in [3.8, 4) is 5.75 Å². The summed E-state index contributed by atoms with van der Waals surface area (Å²) in [4.78, 5) is 16.8. The number of rotatable bonds is 8. The number of ether oxygens (including phenoxy) is 2. The number of carbonyl (C=O) groups is 1. The maximum absolute atomic E-state index is 12.6. The number of hydrogen-bond donors (Lipinski definition) is 0. The fourth-order valence-corrected chi connectivity index (χ4v) is 4.40. The molecule has 1 aliphatic heterocycles. The molecule has 0 spiro atoms. The molecule has 4 rings (SSSR count). The first kappa shape index (κ1) is 23.1. The molecule has 0 saturated carbocycles. The van der Waals surface area contributed by atoms with E-state index in [1.807, 2.05) is 11.0 Å². The van der Waals surface area contributed by atoms with Crippen LogP contribution < -0.4 is 4.74 Å². The number of piperazine rings is 1. The highest BCUT2D eigenvalue weighted by Crippen LogP contribution is 2.29. The van der Waals surface area contributed by atoms with Gasteiger partial charge in [-0.2, -0.15) is 0 Å². The highest BCUT2D eigenvalue weighted by Gasteiger charge is 2.23. The first-order valence-electron chi connectivity index (χ1n) is 11.9. The summed E-state index contributed by atoms with van der Waals surface area (Å²) in [6, 6.07) is 21.0. The Bertz CT molecular complexity index is 1060. The zero-order valence-corrected chi connectivity index (χ0v) is 19.8. The number of amides is 1. The van der Waals surface area contributed by atoms with Crippen molar-refractivity contribution in [3.63, 3.8) is 0 Å². The van der Waals surface area contributed by atoms with Crippen molar-refractivity contribution in [2.75, 3.05) is 33.3 Å². The van der Waals surface area contributed by atoms with Gasteiger partial charge < -0.3 is 14.4 Å². The number of nitrogens with zero attached hydrogens (tertiary/aromatic N) is 2. The largest absolute Gasteiger partial charge is 0.496 e. The predicted octanol–water partition coefficient (Wildman–Crippen LogP) is 5.65. The van der Waals surface area contributed by atoms with Crippen LogP contribution in [-0.4, -0.2) is 49.2 Å². The second kappa shape index (κ2) is 11.2. The van der Waals surface area contributed by atoms with Gasteiger partial charge in [0.2, 0.25) is 0 Å². The number of fused-ring (bicyclic) bond motifs is 1. The third-order valence-corrected chi connectivity index (χ3v) is 6.43. The molecule has 174 valence electrons. The van der Waals surface area contributed by atoms with Gasteiger partial charge in [-0.15, -0.1) is 0 Å². The first-order chi connectivity index (χ1) is 16.2. The Balaban J connectivity index is 1.28. The number of benzene rings is 3. The summed E-state index contributed by atoms with van der Waals surface area (Å²) in [5.74, 6) is 0.913. The lowest BCUT2D eigenvalue weighted by molar-refractivity contribution is 0.0699. The average molecular weight is 447 g/mol. The van der Waals surface area contributed by atoms with Crippen molar-refractivity contribution in [1.29, 1.82) is 0 Å². The highest BCUT2D eigenvalue weighted by atomic mass is 16.6. The van der Waals surface area contributed by atoms with Gasteiger partial charge in [0.05, 0.1) is 7.11 Å². The van der Waals surface area contributed by atoms with E-state index in [2.05, 4.69) is 66.4 Å². The Morgan fingerprint density at radius 2 is 1.64 bits per heavy atom. The molecule has 0 aliphatic carbocycles. The van der Waals surface area contributed by atoms with Crippen molar-refractivity contribution in [3.05, 3.63) is 77.4 Å². The number of unbranched alkanes of at least 4 members (excludes halogenated alkanes) is 1. The van der Waals surface area contributed by atoms with Crippen molar-refractivity contribution >= 4 is 16.9 Å². The zero-order chi connectivity index (χ0) is 23.0. The van der Waals surface area contributed by atoms with Crippen molar-refractivity contribution < 1.29 is 14.3 Å². The van der Waals surface area contributed by atoms with Gasteiger partial charge in [-0.1, -0.05) is 67.9 Å². The molecule has 1 amide bonds. The molecular weight excluding hydrogens is 412 g/mol. The summed E-state index contributed by atoms with van der Waals surface area (Å²) in [7, 11) is 1.72. The van der Waals surface area contributed by atoms with Crippen LogP contribution in [0.4, 0.5) is 4.79 Å². The molecule has 1 aliphatic rings. The van der Waals surface area contributed by atoms with Gasteiger partial charge in [-0.3, -0.25) is 4.90 Å². The molecule has 5 heteroatoms. The second-order valence-electron chi connectivity index (χ2n) is 8.71. The fraction of sp³-hybridized carbons (Fsp3) is 0.393. The number of methoxy groups -OCH3 is 1. The molecule has 5 nitrogen and oxygen atoms in total. The molecule has 1 fully saturated rings. The Kier molecular flexibility index (Phi) is 7.84. The van der Waals surface area contributed by atoms with E-state index in [-0.39, 0.29) is 6.09 Å². The minimum Gasteiger partial charge on any atom is -0.496 e. The van der Waals surface area contributed by atoms with Gasteiger partial charge in [0.15, 0.2) is 0 Å². The van der Waals surface area contributed by atoms with Crippen LogP contribution in [0.3, 0.4) is 0 Å². The quantitative estimate of drug-likeness (QED) is 0.449. The monoisotopic (exact) mass is 446 g/mol. The standard InChI is InChI=1S/C28H34N2O3/c1-3-4-7-22-10-12-23(13-11-22)21-33-28(31)30-18-16-29(17-19-30)20-26-25-9-6-5-8-24(25)14-15-27(26)32-2/h5-6,8-15H,3-4,7,16-21H2,1-2H3. The molecule has 0 radical (unpaired) electrons. The summed E-state index contributed by atoms with van der Waals surface area (Å²) >= 11 is 0. The van der Waals surface area contributed by atoms with E-state index in [0.29, 0.717) is 19.7 Å². The average Bonchev–Trinajstić information content (AvgIpc) is 2.87. The fourth-order valence-electron chi connectivity index (χ4n) is 4.40. The topological polar surface area (TPSA) is 42.0 Å². The number of aryl methyl sites for hydroxylation is 1. The lowest BCUT2D eigenvalue weighted by atomic mass is 10.0. The van der Waals surface area contributed by atoms with E-state index in [4.69, 9.17) is 9.47 Å². The lowest BCUT2D eigenvalue weighted by Gasteiger charge is -2.34. The van der Waals surface area contributed by atoms with Crippen molar-refractivity contribution in [2.45, 2.75) is 39.3 Å². The molecular formula is C28H34N2O3. The highest BCUT2D eigenvalue weighted by molar-refractivity contribution is 5.87. The van der Waals surface area contributed by atoms with Gasteiger partial charge in [-0.25, -0.2) is 4.79 Å². The SMILES string of the molecule is CCCCc1ccc(COC(=O)N2CCN(Cc3c(OC)ccc4ccccc34)CC2)cc1. The van der Waals surface area contributed by atoms with Gasteiger partial charge in [0.1, 0.15) is 12.4 Å². The Morgan fingerprint density at radius 1 is 0.909 bits per heavy atom.